The van der Waals surface area contributed by atoms with Crippen LogP contribution in [0.25, 0.3) is 10.9 Å². The number of benzene rings is 3. The number of nitrogens with one attached hydrogen (secondary N) is 1. The first-order valence-corrected chi connectivity index (χ1v) is 11.0. The van der Waals surface area contributed by atoms with Gasteiger partial charge in [-0.25, -0.2) is 4.79 Å². The molecule has 0 aliphatic carbocycles. The third kappa shape index (κ3) is 5.41. The van der Waals surface area contributed by atoms with Crippen molar-refractivity contribution in [2.45, 2.75) is 25.9 Å². The van der Waals surface area contributed by atoms with Crippen molar-refractivity contribution >= 4 is 28.5 Å². The molecule has 4 rings (SSSR count). The van der Waals surface area contributed by atoms with E-state index in [4.69, 9.17) is 10.5 Å². The van der Waals surface area contributed by atoms with Gasteiger partial charge in [0.15, 0.2) is 0 Å². The number of carbonyl (C=O) groups excluding carboxylic acids is 2. The summed E-state index contributed by atoms with van der Waals surface area (Å²) in [6.45, 7) is 2.69. The van der Waals surface area contributed by atoms with Gasteiger partial charge in [-0.2, -0.15) is 0 Å². The topological polar surface area (TPSA) is 86.3 Å². The van der Waals surface area contributed by atoms with Crippen molar-refractivity contribution in [2.24, 2.45) is 0 Å². The molecule has 0 aliphatic heterocycles. The van der Waals surface area contributed by atoms with Gasteiger partial charge in [0.1, 0.15) is 6.04 Å². The van der Waals surface area contributed by atoms with Crippen molar-refractivity contribution in [1.82, 2.24) is 9.88 Å². The zero-order valence-electron chi connectivity index (χ0n) is 18.5. The number of rotatable bonds is 8. The van der Waals surface area contributed by atoms with Gasteiger partial charge < -0.3 is 20.4 Å². The van der Waals surface area contributed by atoms with Crippen LogP contribution in [0.1, 0.15) is 28.4 Å². The molecule has 0 saturated carbocycles. The van der Waals surface area contributed by atoms with Crippen LogP contribution in [0.15, 0.2) is 85.1 Å². The van der Waals surface area contributed by atoms with Gasteiger partial charge in [0.2, 0.25) is 0 Å². The van der Waals surface area contributed by atoms with E-state index in [1.54, 1.807) is 19.1 Å². The summed E-state index contributed by atoms with van der Waals surface area (Å²) in [5.74, 6) is -0.746. The van der Waals surface area contributed by atoms with Crippen molar-refractivity contribution in [1.29, 1.82) is 0 Å². The van der Waals surface area contributed by atoms with E-state index in [1.165, 1.54) is 0 Å². The summed E-state index contributed by atoms with van der Waals surface area (Å²) in [7, 11) is 0. The quantitative estimate of drug-likeness (QED) is 0.317. The fourth-order valence-electron chi connectivity index (χ4n) is 3.84. The number of hydrogen-bond donors (Lipinski definition) is 2. The lowest BCUT2D eigenvalue weighted by Gasteiger charge is -2.17. The first-order valence-electron chi connectivity index (χ1n) is 11.0. The molecule has 1 heterocycles. The van der Waals surface area contributed by atoms with Crippen molar-refractivity contribution in [3.05, 3.63) is 102 Å². The Balaban J connectivity index is 1.45. The van der Waals surface area contributed by atoms with Gasteiger partial charge in [-0.3, -0.25) is 4.79 Å². The van der Waals surface area contributed by atoms with Crippen LogP contribution in [0.4, 0.5) is 5.69 Å². The van der Waals surface area contributed by atoms with E-state index in [9.17, 15) is 9.59 Å². The molecule has 0 bridgehead atoms. The summed E-state index contributed by atoms with van der Waals surface area (Å²) in [5.41, 5.74) is 10.2. The lowest BCUT2D eigenvalue weighted by molar-refractivity contribution is -0.145. The van der Waals surface area contributed by atoms with Gasteiger partial charge in [-0.15, -0.1) is 0 Å². The molecule has 0 fully saturated rings. The third-order valence-electron chi connectivity index (χ3n) is 5.52. The zero-order valence-corrected chi connectivity index (χ0v) is 18.5. The van der Waals surface area contributed by atoms with Crippen LogP contribution in [-0.2, 0) is 22.5 Å². The summed E-state index contributed by atoms with van der Waals surface area (Å²) < 4.78 is 7.31. The number of fused-ring (bicyclic) bond motifs is 1. The Morgan fingerprint density at radius 3 is 2.45 bits per heavy atom. The predicted molar refractivity (Wildman–Crippen MR) is 130 cm³/mol. The molecule has 3 aromatic carbocycles. The lowest BCUT2D eigenvalue weighted by atomic mass is 10.0. The van der Waals surface area contributed by atoms with Crippen LogP contribution in [0.2, 0.25) is 0 Å². The molecule has 1 atom stereocenters. The van der Waals surface area contributed by atoms with Crippen LogP contribution in [0.3, 0.4) is 0 Å². The van der Waals surface area contributed by atoms with Crippen LogP contribution >= 0.6 is 0 Å². The van der Waals surface area contributed by atoms with Crippen LogP contribution < -0.4 is 11.1 Å². The summed E-state index contributed by atoms with van der Waals surface area (Å²) >= 11 is 0. The monoisotopic (exact) mass is 441 g/mol. The van der Waals surface area contributed by atoms with Gasteiger partial charge in [0, 0.05) is 41.3 Å². The Morgan fingerprint density at radius 2 is 1.73 bits per heavy atom. The Kier molecular flexibility index (Phi) is 6.74. The van der Waals surface area contributed by atoms with E-state index in [0.717, 1.165) is 27.7 Å². The lowest BCUT2D eigenvalue weighted by Crippen LogP contribution is -2.43. The molecule has 6 nitrogen and oxygen atoms in total. The molecule has 1 aromatic heterocycles. The van der Waals surface area contributed by atoms with Gasteiger partial charge >= 0.3 is 5.97 Å². The van der Waals surface area contributed by atoms with Crippen LogP contribution in [0, 0.1) is 0 Å². The number of hydrogen-bond acceptors (Lipinski definition) is 4. The zero-order chi connectivity index (χ0) is 23.2. The maximum atomic E-state index is 12.9. The van der Waals surface area contributed by atoms with Crippen molar-refractivity contribution < 1.29 is 14.3 Å². The Hall–Kier alpha value is -4.06. The van der Waals surface area contributed by atoms with E-state index in [1.807, 2.05) is 72.9 Å². The second-order valence-electron chi connectivity index (χ2n) is 7.93. The van der Waals surface area contributed by atoms with E-state index >= 15 is 0 Å². The van der Waals surface area contributed by atoms with Crippen molar-refractivity contribution in [2.75, 3.05) is 12.3 Å². The normalized spacial score (nSPS) is 11.8. The number of carbonyl (C=O) groups is 2. The highest BCUT2D eigenvalue weighted by atomic mass is 16.5. The molecule has 0 saturated heterocycles. The number of aromatic nitrogens is 1. The largest absolute Gasteiger partial charge is 0.464 e. The van der Waals surface area contributed by atoms with Gasteiger partial charge in [0.25, 0.3) is 5.91 Å². The minimum Gasteiger partial charge on any atom is -0.464 e. The molecule has 0 aliphatic rings. The molecule has 0 radical (unpaired) electrons. The smallest absolute Gasteiger partial charge is 0.328 e. The van der Waals surface area contributed by atoms with Crippen LogP contribution in [-0.4, -0.2) is 29.1 Å². The highest BCUT2D eigenvalue weighted by Gasteiger charge is 2.23. The Bertz CT molecular complexity index is 1250. The predicted octanol–water partition coefficient (Wildman–Crippen LogP) is 4.18. The van der Waals surface area contributed by atoms with Crippen LogP contribution in [0.5, 0.6) is 0 Å². The number of esters is 1. The summed E-state index contributed by atoms with van der Waals surface area (Å²) in [5, 5.41) is 3.92. The van der Waals surface area contributed by atoms with Crippen molar-refractivity contribution in [3.63, 3.8) is 0 Å². The summed E-state index contributed by atoms with van der Waals surface area (Å²) in [6, 6.07) is 24.1. The van der Waals surface area contributed by atoms with E-state index in [0.29, 0.717) is 18.5 Å². The molecule has 0 unspecified atom stereocenters. The molecular weight excluding hydrogens is 414 g/mol. The number of nitrogen functional groups attached to an aromatic ring is 1. The number of nitrogens with two attached hydrogens (primary N) is 1. The SMILES string of the molecule is CCOC(=O)[C@H](Cc1ccccc1)NC(=O)c1ccc(Cn2ccc3cc(N)ccc32)cc1. The number of nitrogens with zero attached hydrogens (tertiary/aromatic N) is 1. The fraction of sp³-hybridized carbons (Fsp3) is 0.185. The highest BCUT2D eigenvalue weighted by molar-refractivity contribution is 5.96. The maximum absolute atomic E-state index is 12.9. The van der Waals surface area contributed by atoms with Crippen molar-refractivity contribution in [3.8, 4) is 0 Å². The maximum Gasteiger partial charge on any atom is 0.328 e. The first kappa shape index (κ1) is 22.1. The van der Waals surface area contributed by atoms with E-state index in [-0.39, 0.29) is 12.5 Å². The minimum absolute atomic E-state index is 0.259. The second kappa shape index (κ2) is 10.0. The molecule has 0 spiro atoms. The van der Waals surface area contributed by atoms with E-state index < -0.39 is 12.0 Å². The summed E-state index contributed by atoms with van der Waals surface area (Å²) in [4.78, 5) is 25.3. The molecule has 33 heavy (non-hydrogen) atoms. The molecule has 3 N–H and O–H groups in total. The van der Waals surface area contributed by atoms with Gasteiger partial charge in [-0.1, -0.05) is 42.5 Å². The Morgan fingerprint density at radius 1 is 0.970 bits per heavy atom. The highest BCUT2D eigenvalue weighted by Crippen LogP contribution is 2.20. The minimum atomic E-state index is -0.752. The van der Waals surface area contributed by atoms with E-state index in [2.05, 4.69) is 9.88 Å². The average Bonchev–Trinajstić information content (AvgIpc) is 3.21. The second-order valence-corrected chi connectivity index (χ2v) is 7.93. The van der Waals surface area contributed by atoms with Gasteiger partial charge in [0.05, 0.1) is 6.61 Å². The number of amides is 1. The molecule has 168 valence electrons. The number of anilines is 1. The summed E-state index contributed by atoms with van der Waals surface area (Å²) in [6.07, 6.45) is 2.40. The van der Waals surface area contributed by atoms with Gasteiger partial charge in [-0.05, 0) is 54.4 Å². The number of ether oxygens (including phenoxy) is 1. The first-order chi connectivity index (χ1) is 16.0. The molecular formula is C27H27N3O3. The third-order valence-corrected chi connectivity index (χ3v) is 5.52. The average molecular weight is 442 g/mol. The Labute approximate surface area is 193 Å². The fourth-order valence-corrected chi connectivity index (χ4v) is 3.84. The molecule has 1 amide bonds. The standard InChI is InChI=1S/C27H27N3O3/c1-2-33-27(32)24(16-19-6-4-3-5-7-19)29-26(31)21-10-8-20(9-11-21)18-30-15-14-22-17-23(28)12-13-25(22)30/h3-15,17,24H,2,16,18,28H2,1H3,(H,29,31)/t24-/m0/s1. The molecule has 4 aromatic rings. The molecule has 6 heteroatoms.